The largest absolute Gasteiger partial charge is 0.316 e. The van der Waals surface area contributed by atoms with Gasteiger partial charge in [-0.15, -0.1) is 0 Å². The van der Waals surface area contributed by atoms with Gasteiger partial charge in [0.05, 0.1) is 6.20 Å². The molecule has 2 rings (SSSR count). The summed E-state index contributed by atoms with van der Waals surface area (Å²) in [6, 6.07) is 2.15. The number of fused-ring (bicyclic) bond motifs is 1. The molecule has 2 aromatic rings. The second-order valence-electron chi connectivity index (χ2n) is 4.01. The molecule has 0 saturated heterocycles. The lowest BCUT2D eigenvalue weighted by Crippen LogP contribution is -2.05. The molecule has 0 fully saturated rings. The molecule has 4 nitrogen and oxygen atoms in total. The topological polar surface area (TPSA) is 42.7 Å². The van der Waals surface area contributed by atoms with Crippen molar-refractivity contribution in [1.82, 2.24) is 20.1 Å². The molecule has 0 radical (unpaired) electrons. The fourth-order valence-electron chi connectivity index (χ4n) is 1.79. The first-order valence-corrected chi connectivity index (χ1v) is 5.80. The minimum absolute atomic E-state index is 0.850. The smallest absolute Gasteiger partial charge is 0.157 e. The molecule has 4 heteroatoms. The molecular weight excluding hydrogens is 200 g/mol. The van der Waals surface area contributed by atoms with Gasteiger partial charge in [-0.05, 0) is 25.1 Å². The molecule has 0 amide bonds. The average Bonchev–Trinajstić information content (AvgIpc) is 2.69. The van der Waals surface area contributed by atoms with Gasteiger partial charge in [0.15, 0.2) is 5.65 Å². The summed E-state index contributed by atoms with van der Waals surface area (Å²) in [6.07, 6.45) is 6.15. The van der Waals surface area contributed by atoms with Crippen molar-refractivity contribution in [2.75, 3.05) is 7.05 Å². The van der Waals surface area contributed by atoms with E-state index in [1.807, 2.05) is 24.1 Å². The number of hydrogen-bond acceptors (Lipinski definition) is 3. The third-order valence-electron chi connectivity index (χ3n) is 2.64. The predicted octanol–water partition coefficient (Wildman–Crippen LogP) is 1.95. The van der Waals surface area contributed by atoms with Gasteiger partial charge in [0, 0.05) is 24.7 Å². The first kappa shape index (κ1) is 11.1. The number of unbranched alkanes of at least 4 members (excludes halogenated alkanes) is 1. The number of nitrogens with zero attached hydrogens (tertiary/aromatic N) is 3. The highest BCUT2D eigenvalue weighted by Crippen LogP contribution is 2.13. The zero-order chi connectivity index (χ0) is 11.4. The molecule has 86 valence electrons. The third-order valence-corrected chi connectivity index (χ3v) is 2.64. The second-order valence-corrected chi connectivity index (χ2v) is 4.01. The van der Waals surface area contributed by atoms with Crippen molar-refractivity contribution in [3.05, 3.63) is 24.0 Å². The molecule has 0 aliphatic carbocycles. The molecule has 2 heterocycles. The summed E-state index contributed by atoms with van der Waals surface area (Å²) in [5, 5.41) is 8.62. The van der Waals surface area contributed by atoms with Crippen LogP contribution in [0.15, 0.2) is 18.5 Å². The number of pyridine rings is 1. The number of hydrogen-bond donors (Lipinski definition) is 1. The highest BCUT2D eigenvalue weighted by molar-refractivity contribution is 5.74. The van der Waals surface area contributed by atoms with E-state index < -0.39 is 0 Å². The maximum absolute atomic E-state index is 4.47. The van der Waals surface area contributed by atoms with Crippen molar-refractivity contribution in [3.63, 3.8) is 0 Å². The van der Waals surface area contributed by atoms with E-state index in [1.165, 1.54) is 12.0 Å². The minimum atomic E-state index is 0.850. The molecule has 0 unspecified atom stereocenters. The highest BCUT2D eigenvalue weighted by atomic mass is 15.3. The quantitative estimate of drug-likeness (QED) is 0.834. The maximum Gasteiger partial charge on any atom is 0.157 e. The van der Waals surface area contributed by atoms with Crippen LogP contribution in [0, 0.1) is 0 Å². The Morgan fingerprint density at radius 1 is 1.38 bits per heavy atom. The fraction of sp³-hybridized carbons (Fsp3) is 0.500. The zero-order valence-electron chi connectivity index (χ0n) is 9.90. The molecule has 16 heavy (non-hydrogen) atoms. The van der Waals surface area contributed by atoms with Crippen molar-refractivity contribution in [1.29, 1.82) is 0 Å². The summed E-state index contributed by atoms with van der Waals surface area (Å²) in [4.78, 5) is 4.47. The van der Waals surface area contributed by atoms with Crippen LogP contribution in [-0.4, -0.2) is 21.8 Å². The Morgan fingerprint density at radius 3 is 3.00 bits per heavy atom. The van der Waals surface area contributed by atoms with E-state index in [1.54, 1.807) is 0 Å². The Morgan fingerprint density at radius 2 is 2.25 bits per heavy atom. The Hall–Kier alpha value is -1.42. The first-order chi connectivity index (χ1) is 7.85. The van der Waals surface area contributed by atoms with E-state index in [9.17, 15) is 0 Å². The summed E-state index contributed by atoms with van der Waals surface area (Å²) in [5.41, 5.74) is 2.19. The van der Waals surface area contributed by atoms with Crippen LogP contribution < -0.4 is 5.32 Å². The van der Waals surface area contributed by atoms with Crippen LogP contribution >= 0.6 is 0 Å². The van der Waals surface area contributed by atoms with Crippen LogP contribution in [-0.2, 0) is 13.1 Å². The molecule has 1 N–H and O–H groups in total. The maximum atomic E-state index is 4.47. The number of aryl methyl sites for hydroxylation is 1. The average molecular weight is 218 g/mol. The monoisotopic (exact) mass is 218 g/mol. The Labute approximate surface area is 95.7 Å². The van der Waals surface area contributed by atoms with Crippen molar-refractivity contribution in [3.8, 4) is 0 Å². The van der Waals surface area contributed by atoms with Crippen LogP contribution in [0.2, 0.25) is 0 Å². The zero-order valence-corrected chi connectivity index (χ0v) is 9.90. The summed E-state index contributed by atoms with van der Waals surface area (Å²) < 4.78 is 1.99. The predicted molar refractivity (Wildman–Crippen MR) is 65.2 cm³/mol. The molecule has 0 aromatic carbocycles. The van der Waals surface area contributed by atoms with E-state index in [2.05, 4.69) is 28.4 Å². The van der Waals surface area contributed by atoms with Gasteiger partial charge in [0.25, 0.3) is 0 Å². The van der Waals surface area contributed by atoms with Gasteiger partial charge < -0.3 is 5.32 Å². The van der Waals surface area contributed by atoms with E-state index in [4.69, 9.17) is 0 Å². The van der Waals surface area contributed by atoms with Gasteiger partial charge in [-0.25, -0.2) is 9.67 Å². The molecule has 0 saturated carbocycles. The normalized spacial score (nSPS) is 11.1. The minimum Gasteiger partial charge on any atom is -0.316 e. The standard InChI is InChI=1S/C12H18N4/c1-3-4-5-16-12-11(9-15-16)6-10(7-13-2)8-14-12/h6,8-9,13H,3-5,7H2,1-2H3. The van der Waals surface area contributed by atoms with Gasteiger partial charge in [-0.2, -0.15) is 5.10 Å². The first-order valence-electron chi connectivity index (χ1n) is 5.80. The van der Waals surface area contributed by atoms with Crippen LogP contribution in [0.3, 0.4) is 0 Å². The van der Waals surface area contributed by atoms with E-state index >= 15 is 0 Å². The molecule has 0 atom stereocenters. The number of rotatable bonds is 5. The summed E-state index contributed by atoms with van der Waals surface area (Å²) in [7, 11) is 1.94. The summed E-state index contributed by atoms with van der Waals surface area (Å²) in [5.74, 6) is 0. The molecule has 0 bridgehead atoms. The van der Waals surface area contributed by atoms with E-state index in [0.717, 1.165) is 30.5 Å². The van der Waals surface area contributed by atoms with E-state index in [0.29, 0.717) is 0 Å². The van der Waals surface area contributed by atoms with Gasteiger partial charge in [-0.1, -0.05) is 13.3 Å². The lowest BCUT2D eigenvalue weighted by molar-refractivity contribution is 0.584. The Kier molecular flexibility index (Phi) is 3.51. The molecule has 0 aliphatic rings. The van der Waals surface area contributed by atoms with Crippen molar-refractivity contribution >= 4 is 11.0 Å². The van der Waals surface area contributed by atoms with Gasteiger partial charge in [0.1, 0.15) is 0 Å². The van der Waals surface area contributed by atoms with Crippen molar-refractivity contribution in [2.45, 2.75) is 32.9 Å². The van der Waals surface area contributed by atoms with Crippen LogP contribution in [0.4, 0.5) is 0 Å². The van der Waals surface area contributed by atoms with Crippen molar-refractivity contribution < 1.29 is 0 Å². The van der Waals surface area contributed by atoms with E-state index in [-0.39, 0.29) is 0 Å². The van der Waals surface area contributed by atoms with Gasteiger partial charge in [-0.3, -0.25) is 0 Å². The third kappa shape index (κ3) is 2.22. The Balaban J connectivity index is 2.27. The van der Waals surface area contributed by atoms with Gasteiger partial charge >= 0.3 is 0 Å². The number of nitrogens with one attached hydrogen (secondary N) is 1. The van der Waals surface area contributed by atoms with Crippen LogP contribution in [0.5, 0.6) is 0 Å². The van der Waals surface area contributed by atoms with Gasteiger partial charge in [0.2, 0.25) is 0 Å². The molecule has 0 spiro atoms. The lowest BCUT2D eigenvalue weighted by atomic mass is 10.2. The summed E-state index contributed by atoms with van der Waals surface area (Å²) in [6.45, 7) is 3.99. The Bertz CT molecular complexity index is 461. The van der Waals surface area contributed by atoms with Crippen LogP contribution in [0.25, 0.3) is 11.0 Å². The van der Waals surface area contributed by atoms with Crippen molar-refractivity contribution in [2.24, 2.45) is 0 Å². The summed E-state index contributed by atoms with van der Waals surface area (Å²) >= 11 is 0. The molecular formula is C12H18N4. The number of aromatic nitrogens is 3. The lowest BCUT2D eigenvalue weighted by Gasteiger charge is -2.02. The molecule has 2 aromatic heterocycles. The van der Waals surface area contributed by atoms with Crippen LogP contribution in [0.1, 0.15) is 25.3 Å². The fourth-order valence-corrected chi connectivity index (χ4v) is 1.79. The second kappa shape index (κ2) is 5.07. The SMILES string of the molecule is CCCCn1ncc2cc(CNC)cnc21. The molecule has 0 aliphatic heterocycles. The highest BCUT2D eigenvalue weighted by Gasteiger charge is 2.04.